The number of ether oxygens (including phenoxy) is 4. The number of urea groups is 1. The van der Waals surface area contributed by atoms with Crippen molar-refractivity contribution in [2.45, 2.75) is 12.7 Å². The standard InChI is InChI=1S/C31H35N3O7/c1-38-25-8-6-7-24(19-25)28(41-21-22-11-13-23(14-12-22)29(35)39-2)20-33-15-17-34(18-16-33)31(37)32-27-10-5-4-9-26(27)30(36)40-3/h4-14,19,28H,15-18,20-21H2,1-3H3,(H,32,37)/t28-/m0/s1. The van der Waals surface area contributed by atoms with Gasteiger partial charge < -0.3 is 29.2 Å². The van der Waals surface area contributed by atoms with Crippen molar-refractivity contribution in [3.8, 4) is 5.75 Å². The third-order valence-electron chi connectivity index (χ3n) is 6.95. The summed E-state index contributed by atoms with van der Waals surface area (Å²) >= 11 is 0. The number of benzene rings is 3. The molecule has 0 radical (unpaired) electrons. The topological polar surface area (TPSA) is 107 Å². The first-order valence-electron chi connectivity index (χ1n) is 13.3. The van der Waals surface area contributed by atoms with E-state index in [0.717, 1.165) is 16.9 Å². The van der Waals surface area contributed by atoms with E-state index in [1.54, 1.807) is 48.4 Å². The van der Waals surface area contributed by atoms with Crippen LogP contribution in [-0.4, -0.2) is 81.8 Å². The Bertz CT molecular complexity index is 1340. The molecule has 2 amide bonds. The van der Waals surface area contributed by atoms with Gasteiger partial charge in [0.15, 0.2) is 0 Å². The van der Waals surface area contributed by atoms with Gasteiger partial charge in [0.1, 0.15) is 5.75 Å². The van der Waals surface area contributed by atoms with Crippen molar-refractivity contribution >= 4 is 23.7 Å². The highest BCUT2D eigenvalue weighted by molar-refractivity contribution is 6.00. The molecule has 0 aromatic heterocycles. The van der Waals surface area contributed by atoms with Crippen molar-refractivity contribution in [3.05, 3.63) is 95.1 Å². The Morgan fingerprint density at radius 1 is 0.829 bits per heavy atom. The third-order valence-corrected chi connectivity index (χ3v) is 6.95. The van der Waals surface area contributed by atoms with Crippen molar-refractivity contribution in [2.24, 2.45) is 0 Å². The summed E-state index contributed by atoms with van der Waals surface area (Å²) in [5.41, 5.74) is 3.11. The summed E-state index contributed by atoms with van der Waals surface area (Å²) in [6, 6.07) is 21.5. The number of esters is 2. The highest BCUT2D eigenvalue weighted by Crippen LogP contribution is 2.25. The number of para-hydroxylation sites is 1. The zero-order chi connectivity index (χ0) is 29.2. The lowest BCUT2D eigenvalue weighted by molar-refractivity contribution is 0.00582. The number of nitrogens with one attached hydrogen (secondary N) is 1. The van der Waals surface area contributed by atoms with Crippen molar-refractivity contribution in [3.63, 3.8) is 0 Å². The number of carbonyl (C=O) groups is 3. The summed E-state index contributed by atoms with van der Waals surface area (Å²) < 4.78 is 21.4. The Hall–Kier alpha value is -4.41. The molecule has 1 atom stereocenters. The van der Waals surface area contributed by atoms with Crippen molar-refractivity contribution < 1.29 is 33.3 Å². The molecule has 1 aliphatic rings. The first-order chi connectivity index (χ1) is 19.9. The van der Waals surface area contributed by atoms with E-state index in [0.29, 0.717) is 56.1 Å². The Morgan fingerprint density at radius 3 is 2.22 bits per heavy atom. The Balaban J connectivity index is 1.38. The van der Waals surface area contributed by atoms with Crippen LogP contribution in [0.1, 0.15) is 37.9 Å². The summed E-state index contributed by atoms with van der Waals surface area (Å²) in [6.07, 6.45) is -0.252. The largest absolute Gasteiger partial charge is 0.497 e. The van der Waals surface area contributed by atoms with Gasteiger partial charge in [-0.3, -0.25) is 4.90 Å². The molecule has 1 N–H and O–H groups in total. The van der Waals surface area contributed by atoms with Gasteiger partial charge in [0, 0.05) is 32.7 Å². The van der Waals surface area contributed by atoms with Crippen LogP contribution in [-0.2, 0) is 20.8 Å². The number of methoxy groups -OCH3 is 3. The molecule has 216 valence electrons. The van der Waals surface area contributed by atoms with Crippen LogP contribution in [0, 0.1) is 0 Å². The van der Waals surface area contributed by atoms with Crippen LogP contribution in [0.3, 0.4) is 0 Å². The minimum atomic E-state index is -0.506. The molecule has 41 heavy (non-hydrogen) atoms. The lowest BCUT2D eigenvalue weighted by atomic mass is 10.1. The van der Waals surface area contributed by atoms with E-state index in [-0.39, 0.29) is 18.1 Å². The molecule has 10 heteroatoms. The molecule has 1 aliphatic heterocycles. The smallest absolute Gasteiger partial charge is 0.339 e. The van der Waals surface area contributed by atoms with Crippen LogP contribution in [0.25, 0.3) is 0 Å². The molecule has 3 aromatic rings. The molecule has 1 fully saturated rings. The second-order valence-electron chi connectivity index (χ2n) is 9.52. The fraction of sp³-hybridized carbons (Fsp3) is 0.323. The van der Waals surface area contributed by atoms with E-state index >= 15 is 0 Å². The fourth-order valence-corrected chi connectivity index (χ4v) is 4.59. The SMILES string of the molecule is COC(=O)c1ccc(CO[C@@H](CN2CCN(C(=O)Nc3ccccc3C(=O)OC)CC2)c2cccc(OC)c2)cc1. The molecule has 1 saturated heterocycles. The van der Waals surface area contributed by atoms with Gasteiger partial charge in [-0.05, 0) is 47.5 Å². The van der Waals surface area contributed by atoms with Crippen LogP contribution in [0.15, 0.2) is 72.8 Å². The molecule has 0 bridgehead atoms. The molecule has 4 rings (SSSR count). The highest BCUT2D eigenvalue weighted by Gasteiger charge is 2.25. The van der Waals surface area contributed by atoms with Gasteiger partial charge in [-0.2, -0.15) is 0 Å². The number of amides is 2. The predicted octanol–water partition coefficient (Wildman–Crippen LogP) is 4.38. The van der Waals surface area contributed by atoms with Gasteiger partial charge >= 0.3 is 18.0 Å². The number of rotatable bonds is 10. The van der Waals surface area contributed by atoms with E-state index in [4.69, 9.17) is 18.9 Å². The maximum Gasteiger partial charge on any atom is 0.339 e. The average molecular weight is 562 g/mol. The zero-order valence-electron chi connectivity index (χ0n) is 23.5. The first kappa shape index (κ1) is 29.6. The molecule has 3 aromatic carbocycles. The monoisotopic (exact) mass is 561 g/mol. The van der Waals surface area contributed by atoms with Gasteiger partial charge in [0.2, 0.25) is 0 Å². The van der Waals surface area contributed by atoms with Gasteiger partial charge in [-0.25, -0.2) is 14.4 Å². The number of hydrogen-bond acceptors (Lipinski definition) is 8. The van der Waals surface area contributed by atoms with Crippen molar-refractivity contribution in [1.29, 1.82) is 0 Å². The highest BCUT2D eigenvalue weighted by atomic mass is 16.5. The Morgan fingerprint density at radius 2 is 1.54 bits per heavy atom. The molecule has 0 aliphatic carbocycles. The van der Waals surface area contributed by atoms with Gasteiger partial charge in [-0.15, -0.1) is 0 Å². The second kappa shape index (κ2) is 14.3. The lowest BCUT2D eigenvalue weighted by Crippen LogP contribution is -2.51. The van der Waals surface area contributed by atoms with Crippen LogP contribution in [0.2, 0.25) is 0 Å². The minimum Gasteiger partial charge on any atom is -0.497 e. The van der Waals surface area contributed by atoms with Crippen LogP contribution in [0.4, 0.5) is 10.5 Å². The lowest BCUT2D eigenvalue weighted by Gasteiger charge is -2.36. The number of carbonyl (C=O) groups excluding carboxylic acids is 3. The van der Waals surface area contributed by atoms with E-state index in [2.05, 4.69) is 10.2 Å². The molecule has 0 saturated carbocycles. The van der Waals surface area contributed by atoms with Gasteiger partial charge in [-0.1, -0.05) is 36.4 Å². The van der Waals surface area contributed by atoms with E-state index < -0.39 is 5.97 Å². The average Bonchev–Trinajstić information content (AvgIpc) is 3.03. The van der Waals surface area contributed by atoms with Crippen LogP contribution in [0.5, 0.6) is 5.75 Å². The van der Waals surface area contributed by atoms with E-state index in [1.807, 2.05) is 36.4 Å². The fourth-order valence-electron chi connectivity index (χ4n) is 4.59. The summed E-state index contributed by atoms with van der Waals surface area (Å²) in [5.74, 6) is -0.145. The maximum atomic E-state index is 13.0. The number of piperazine rings is 1. The van der Waals surface area contributed by atoms with Crippen molar-refractivity contribution in [1.82, 2.24) is 9.80 Å². The quantitative estimate of drug-likeness (QED) is 0.364. The minimum absolute atomic E-state index is 0.252. The van der Waals surface area contributed by atoms with Crippen molar-refractivity contribution in [2.75, 3.05) is 59.4 Å². The number of anilines is 1. The van der Waals surface area contributed by atoms with Crippen LogP contribution >= 0.6 is 0 Å². The van der Waals surface area contributed by atoms with Crippen LogP contribution < -0.4 is 10.1 Å². The normalized spacial score (nSPS) is 14.2. The molecule has 0 unspecified atom stereocenters. The maximum absolute atomic E-state index is 13.0. The summed E-state index contributed by atoms with van der Waals surface area (Å²) in [4.78, 5) is 40.8. The molecular weight excluding hydrogens is 526 g/mol. The number of nitrogens with zero attached hydrogens (tertiary/aromatic N) is 2. The first-order valence-corrected chi connectivity index (χ1v) is 13.3. The summed E-state index contributed by atoms with van der Waals surface area (Å²) in [7, 11) is 4.30. The summed E-state index contributed by atoms with van der Waals surface area (Å²) in [5, 5.41) is 2.84. The molecule has 10 nitrogen and oxygen atoms in total. The zero-order valence-corrected chi connectivity index (χ0v) is 23.5. The summed E-state index contributed by atoms with van der Waals surface area (Å²) in [6.45, 7) is 3.32. The van der Waals surface area contributed by atoms with Gasteiger partial charge in [0.25, 0.3) is 0 Å². The Kier molecular flexibility index (Phi) is 10.3. The number of hydrogen-bond donors (Lipinski definition) is 1. The van der Waals surface area contributed by atoms with Gasteiger partial charge in [0.05, 0.1) is 50.9 Å². The molecule has 1 heterocycles. The third kappa shape index (κ3) is 7.84. The Labute approximate surface area is 239 Å². The van der Waals surface area contributed by atoms with E-state index in [1.165, 1.54) is 14.2 Å². The second-order valence-corrected chi connectivity index (χ2v) is 9.52. The van der Waals surface area contributed by atoms with E-state index in [9.17, 15) is 14.4 Å². The molecule has 0 spiro atoms. The predicted molar refractivity (Wildman–Crippen MR) is 153 cm³/mol. The molecular formula is C31H35N3O7.